The van der Waals surface area contributed by atoms with Crippen molar-refractivity contribution in [3.05, 3.63) is 46.0 Å². The van der Waals surface area contributed by atoms with E-state index in [1.807, 2.05) is 6.07 Å². The smallest absolute Gasteiger partial charge is 0.335 e. The van der Waals surface area contributed by atoms with Crippen molar-refractivity contribution in [2.45, 2.75) is 53.4 Å². The predicted molar refractivity (Wildman–Crippen MR) is 102 cm³/mol. The normalized spacial score (nSPS) is 11.9. The molecule has 0 bridgehead atoms. The van der Waals surface area contributed by atoms with Crippen LogP contribution >= 0.6 is 0 Å². The quantitative estimate of drug-likeness (QED) is 0.475. The van der Waals surface area contributed by atoms with Gasteiger partial charge in [0.25, 0.3) is 0 Å². The first-order valence-electron chi connectivity index (χ1n) is 9.18. The van der Waals surface area contributed by atoms with Crippen molar-refractivity contribution >= 4 is 17.9 Å². The molecule has 0 aliphatic carbocycles. The number of esters is 1. The van der Waals surface area contributed by atoms with Gasteiger partial charge in [-0.25, -0.2) is 14.4 Å². The molecule has 1 rings (SSSR count). The van der Waals surface area contributed by atoms with Crippen molar-refractivity contribution in [3.63, 3.8) is 0 Å². The van der Waals surface area contributed by atoms with E-state index in [1.54, 1.807) is 26.0 Å². The minimum Gasteiger partial charge on any atom is -0.478 e. The van der Waals surface area contributed by atoms with Gasteiger partial charge in [-0.05, 0) is 55.7 Å². The summed E-state index contributed by atoms with van der Waals surface area (Å²) >= 11 is 0. The molecule has 0 aromatic heterocycles. The largest absolute Gasteiger partial charge is 0.478 e. The average molecular weight is 376 g/mol. The third-order valence-corrected chi connectivity index (χ3v) is 4.19. The first-order chi connectivity index (χ1) is 12.7. The number of carbonyl (C=O) groups excluding carboxylic acids is 1. The number of carboxylic acids is 2. The highest BCUT2D eigenvalue weighted by Gasteiger charge is 2.21. The molecule has 0 spiro atoms. The van der Waals surface area contributed by atoms with Gasteiger partial charge < -0.3 is 14.9 Å². The summed E-state index contributed by atoms with van der Waals surface area (Å²) < 4.78 is 4.94. The van der Waals surface area contributed by atoms with Crippen LogP contribution < -0.4 is 0 Å². The zero-order chi connectivity index (χ0) is 20.6. The lowest BCUT2D eigenvalue weighted by atomic mass is 9.93. The molecular formula is C21H28O6. The van der Waals surface area contributed by atoms with E-state index in [-0.39, 0.29) is 42.6 Å². The molecule has 0 radical (unpaired) electrons. The minimum absolute atomic E-state index is 0.0291. The molecule has 0 aliphatic rings. The summed E-state index contributed by atoms with van der Waals surface area (Å²) in [6.07, 6.45) is 1.28. The van der Waals surface area contributed by atoms with Gasteiger partial charge in [-0.15, -0.1) is 0 Å². The van der Waals surface area contributed by atoms with Crippen molar-refractivity contribution in [3.8, 4) is 0 Å². The number of ether oxygens (including phenoxy) is 1. The Morgan fingerprint density at radius 1 is 1.07 bits per heavy atom. The van der Waals surface area contributed by atoms with Gasteiger partial charge in [-0.1, -0.05) is 32.9 Å². The van der Waals surface area contributed by atoms with E-state index in [0.717, 1.165) is 12.0 Å². The Bertz CT molecular complexity index is 730. The number of carboxylic acid groups (broad SMARTS) is 2. The van der Waals surface area contributed by atoms with Crippen LogP contribution in [0.1, 0.15) is 62.0 Å². The van der Waals surface area contributed by atoms with Gasteiger partial charge in [0.05, 0.1) is 12.2 Å². The predicted octanol–water partition coefficient (Wildman–Crippen LogP) is 3.87. The lowest BCUT2D eigenvalue weighted by Gasteiger charge is -2.13. The van der Waals surface area contributed by atoms with Crippen LogP contribution in [0, 0.1) is 5.92 Å². The van der Waals surface area contributed by atoms with Gasteiger partial charge in [0, 0.05) is 11.1 Å². The number of aliphatic carboxylic acids is 1. The monoisotopic (exact) mass is 376 g/mol. The molecule has 0 saturated heterocycles. The maximum absolute atomic E-state index is 12.0. The van der Waals surface area contributed by atoms with Gasteiger partial charge in [0.1, 0.15) is 0 Å². The average Bonchev–Trinajstić information content (AvgIpc) is 2.58. The number of hydrogen-bond donors (Lipinski definition) is 2. The zero-order valence-electron chi connectivity index (χ0n) is 16.4. The highest BCUT2D eigenvalue weighted by atomic mass is 16.5. The van der Waals surface area contributed by atoms with Crippen molar-refractivity contribution in [1.29, 1.82) is 0 Å². The number of aryl methyl sites for hydroxylation is 1. The summed E-state index contributed by atoms with van der Waals surface area (Å²) in [6, 6.07) is 5.25. The Hall–Kier alpha value is -2.63. The molecule has 27 heavy (non-hydrogen) atoms. The molecule has 0 atom stereocenters. The topological polar surface area (TPSA) is 101 Å². The molecule has 6 nitrogen and oxygen atoms in total. The fraction of sp³-hybridized carbons (Fsp3) is 0.476. The lowest BCUT2D eigenvalue weighted by molar-refractivity contribution is -0.140. The Balaban J connectivity index is 3.16. The van der Waals surface area contributed by atoms with Crippen molar-refractivity contribution in [1.82, 2.24) is 0 Å². The van der Waals surface area contributed by atoms with Crippen LogP contribution in [0.25, 0.3) is 0 Å². The summed E-state index contributed by atoms with van der Waals surface area (Å²) in [5, 5.41) is 19.0. The fourth-order valence-electron chi connectivity index (χ4n) is 2.98. The second-order valence-corrected chi connectivity index (χ2v) is 6.73. The zero-order valence-corrected chi connectivity index (χ0v) is 16.4. The first-order valence-corrected chi connectivity index (χ1v) is 9.18. The van der Waals surface area contributed by atoms with Crippen molar-refractivity contribution in [2.24, 2.45) is 5.92 Å². The van der Waals surface area contributed by atoms with E-state index in [1.165, 1.54) is 0 Å². The third-order valence-electron chi connectivity index (χ3n) is 4.19. The Labute approximate surface area is 159 Å². The second-order valence-electron chi connectivity index (χ2n) is 6.73. The summed E-state index contributed by atoms with van der Waals surface area (Å²) in [6.45, 7) is 7.62. The molecule has 0 saturated carbocycles. The van der Waals surface area contributed by atoms with Crippen LogP contribution in [0.3, 0.4) is 0 Å². The van der Waals surface area contributed by atoms with Gasteiger partial charge in [-0.3, -0.25) is 0 Å². The molecule has 6 heteroatoms. The summed E-state index contributed by atoms with van der Waals surface area (Å²) in [5.74, 6) is -2.47. The standard InChI is InChI=1S/C21H28O6/c1-5-16(21(26)27-6-2)17(19(22)23)10-9-15-8-7-14(11-13(3)4)12-18(15)20(24)25/h7-8,12-13H,5-6,9-11H2,1-4H3,(H,22,23)(H,24,25). The maximum Gasteiger partial charge on any atom is 0.335 e. The fourth-order valence-corrected chi connectivity index (χ4v) is 2.98. The highest BCUT2D eigenvalue weighted by Crippen LogP contribution is 2.21. The summed E-state index contributed by atoms with van der Waals surface area (Å²) in [5.41, 5.74) is 1.75. The number of rotatable bonds is 10. The Morgan fingerprint density at radius 2 is 1.74 bits per heavy atom. The maximum atomic E-state index is 12.0. The van der Waals surface area contributed by atoms with E-state index < -0.39 is 17.9 Å². The van der Waals surface area contributed by atoms with Crippen LogP contribution in [0.15, 0.2) is 29.3 Å². The Kier molecular flexibility index (Phi) is 8.72. The molecule has 0 fully saturated rings. The van der Waals surface area contributed by atoms with Crippen LogP contribution in [0.2, 0.25) is 0 Å². The van der Waals surface area contributed by atoms with E-state index in [9.17, 15) is 24.6 Å². The van der Waals surface area contributed by atoms with Crippen molar-refractivity contribution < 1.29 is 29.3 Å². The van der Waals surface area contributed by atoms with Gasteiger partial charge in [0.15, 0.2) is 0 Å². The number of benzene rings is 1. The molecule has 1 aromatic rings. The molecule has 0 heterocycles. The van der Waals surface area contributed by atoms with Crippen LogP contribution in [-0.2, 0) is 27.2 Å². The second kappa shape index (κ2) is 10.5. The molecule has 0 unspecified atom stereocenters. The molecule has 0 amide bonds. The minimum atomic E-state index is -1.19. The van der Waals surface area contributed by atoms with E-state index in [4.69, 9.17) is 4.74 Å². The number of carbonyl (C=O) groups is 3. The first kappa shape index (κ1) is 22.4. The van der Waals surface area contributed by atoms with Crippen LogP contribution in [0.4, 0.5) is 0 Å². The van der Waals surface area contributed by atoms with Gasteiger partial charge in [-0.2, -0.15) is 0 Å². The van der Waals surface area contributed by atoms with Crippen molar-refractivity contribution in [2.75, 3.05) is 6.61 Å². The molecule has 148 valence electrons. The summed E-state index contributed by atoms with van der Waals surface area (Å²) in [7, 11) is 0. The number of aromatic carboxylic acids is 1. The SMILES string of the molecule is CCOC(=O)C(CC)=C(CCc1ccc(CC(C)C)cc1C(=O)O)C(=O)O. The molecular weight excluding hydrogens is 348 g/mol. The molecule has 0 aliphatic heterocycles. The molecule has 1 aromatic carbocycles. The Morgan fingerprint density at radius 3 is 2.22 bits per heavy atom. The lowest BCUT2D eigenvalue weighted by Crippen LogP contribution is -2.15. The van der Waals surface area contributed by atoms with Crippen LogP contribution in [0.5, 0.6) is 0 Å². The highest BCUT2D eigenvalue weighted by molar-refractivity contribution is 5.99. The molecule has 2 N–H and O–H groups in total. The number of hydrogen-bond acceptors (Lipinski definition) is 4. The summed E-state index contributed by atoms with van der Waals surface area (Å²) in [4.78, 5) is 35.3. The van der Waals surface area contributed by atoms with E-state index in [2.05, 4.69) is 13.8 Å². The third kappa shape index (κ3) is 6.55. The van der Waals surface area contributed by atoms with E-state index >= 15 is 0 Å². The van der Waals surface area contributed by atoms with Gasteiger partial charge in [0.2, 0.25) is 0 Å². The van der Waals surface area contributed by atoms with E-state index in [0.29, 0.717) is 11.5 Å². The van der Waals surface area contributed by atoms with Crippen LogP contribution in [-0.4, -0.2) is 34.7 Å². The van der Waals surface area contributed by atoms with Gasteiger partial charge >= 0.3 is 17.9 Å².